The average Bonchev–Trinajstić information content (AvgIpc) is 2.92. The maximum absolute atomic E-state index is 12.2. The number of aromatic nitrogens is 1. The van der Waals surface area contributed by atoms with E-state index in [1.807, 2.05) is 25.1 Å². The van der Waals surface area contributed by atoms with E-state index in [4.69, 9.17) is 4.42 Å². The van der Waals surface area contributed by atoms with Gasteiger partial charge in [0.15, 0.2) is 11.5 Å². The molecule has 0 fully saturated rings. The van der Waals surface area contributed by atoms with Gasteiger partial charge < -0.3 is 15.1 Å². The van der Waals surface area contributed by atoms with Crippen LogP contribution in [0.15, 0.2) is 46.9 Å². The minimum Gasteiger partial charge on any atom is -0.441 e. The molecule has 2 aromatic carbocycles. The van der Waals surface area contributed by atoms with Crippen LogP contribution in [0.1, 0.15) is 24.8 Å². The van der Waals surface area contributed by atoms with Gasteiger partial charge >= 0.3 is 0 Å². The standard InChI is InChI=1S/C19H19N3O3/c1-12(23)20-15-4-3-5-16(11-15)22-19(24)9-7-14-6-8-18-17(10-14)21-13(2)25-18/h3-6,8,10-11H,7,9H2,1-2H3,(H,20,23)(H,22,24). The normalized spacial score (nSPS) is 10.6. The van der Waals surface area contributed by atoms with E-state index in [0.29, 0.717) is 30.1 Å². The SMILES string of the molecule is CC(=O)Nc1cccc(NC(=O)CCc2ccc3oc(C)nc3c2)c1. The fourth-order valence-corrected chi connectivity index (χ4v) is 2.60. The largest absolute Gasteiger partial charge is 0.441 e. The van der Waals surface area contributed by atoms with Crippen molar-refractivity contribution in [2.24, 2.45) is 0 Å². The second-order valence-corrected chi connectivity index (χ2v) is 5.85. The van der Waals surface area contributed by atoms with Gasteiger partial charge in [-0.2, -0.15) is 0 Å². The number of amides is 2. The number of hydrogen-bond acceptors (Lipinski definition) is 4. The van der Waals surface area contributed by atoms with E-state index in [2.05, 4.69) is 15.6 Å². The first kappa shape index (κ1) is 16.7. The number of rotatable bonds is 5. The van der Waals surface area contributed by atoms with Crippen LogP contribution in [0.5, 0.6) is 0 Å². The summed E-state index contributed by atoms with van der Waals surface area (Å²) in [6.07, 6.45) is 0.964. The summed E-state index contributed by atoms with van der Waals surface area (Å²) in [4.78, 5) is 27.5. The molecule has 0 spiro atoms. The van der Waals surface area contributed by atoms with Gasteiger partial charge in [0.25, 0.3) is 0 Å². The van der Waals surface area contributed by atoms with E-state index in [1.54, 1.807) is 24.3 Å². The third-order valence-corrected chi connectivity index (χ3v) is 3.67. The molecule has 0 bridgehead atoms. The number of nitrogens with one attached hydrogen (secondary N) is 2. The molecule has 0 aliphatic rings. The van der Waals surface area contributed by atoms with Crippen molar-refractivity contribution in [3.63, 3.8) is 0 Å². The van der Waals surface area contributed by atoms with Gasteiger partial charge in [-0.15, -0.1) is 0 Å². The molecule has 0 aliphatic heterocycles. The Bertz CT molecular complexity index is 931. The lowest BCUT2D eigenvalue weighted by atomic mass is 10.1. The molecule has 3 aromatic rings. The second kappa shape index (κ2) is 7.17. The predicted octanol–water partition coefficient (Wildman–Crippen LogP) is 3.67. The van der Waals surface area contributed by atoms with Gasteiger partial charge in [0.05, 0.1) is 0 Å². The Labute approximate surface area is 145 Å². The van der Waals surface area contributed by atoms with Crippen molar-refractivity contribution in [3.8, 4) is 0 Å². The number of fused-ring (bicyclic) bond motifs is 1. The van der Waals surface area contributed by atoms with Crippen LogP contribution in [0.3, 0.4) is 0 Å². The zero-order valence-corrected chi connectivity index (χ0v) is 14.1. The number of hydrogen-bond donors (Lipinski definition) is 2. The van der Waals surface area contributed by atoms with Gasteiger partial charge in [-0.1, -0.05) is 12.1 Å². The molecule has 0 saturated carbocycles. The summed E-state index contributed by atoms with van der Waals surface area (Å²) in [6.45, 7) is 3.25. The third kappa shape index (κ3) is 4.44. The van der Waals surface area contributed by atoms with Gasteiger partial charge in [0.1, 0.15) is 5.52 Å². The second-order valence-electron chi connectivity index (χ2n) is 5.85. The quantitative estimate of drug-likeness (QED) is 0.744. The molecule has 2 amide bonds. The van der Waals surface area contributed by atoms with Crippen LogP contribution < -0.4 is 10.6 Å². The minimum atomic E-state index is -0.151. The highest BCUT2D eigenvalue weighted by Crippen LogP contribution is 2.18. The van der Waals surface area contributed by atoms with Gasteiger partial charge in [0.2, 0.25) is 11.8 Å². The predicted molar refractivity (Wildman–Crippen MR) is 96.4 cm³/mol. The topological polar surface area (TPSA) is 84.2 Å². The Kier molecular flexibility index (Phi) is 4.79. The van der Waals surface area contributed by atoms with Crippen molar-refractivity contribution in [2.75, 3.05) is 10.6 Å². The summed E-state index contributed by atoms with van der Waals surface area (Å²) in [5, 5.41) is 5.53. The van der Waals surface area contributed by atoms with E-state index in [-0.39, 0.29) is 11.8 Å². The molecule has 25 heavy (non-hydrogen) atoms. The van der Waals surface area contributed by atoms with Crippen molar-refractivity contribution in [1.29, 1.82) is 0 Å². The molecule has 128 valence electrons. The molecular weight excluding hydrogens is 318 g/mol. The molecule has 0 saturated heterocycles. The van der Waals surface area contributed by atoms with Crippen LogP contribution in [-0.2, 0) is 16.0 Å². The summed E-state index contributed by atoms with van der Waals surface area (Å²) in [6, 6.07) is 12.8. The van der Waals surface area contributed by atoms with Crippen LogP contribution in [0.25, 0.3) is 11.1 Å². The Balaban J connectivity index is 1.59. The zero-order valence-electron chi connectivity index (χ0n) is 14.1. The van der Waals surface area contributed by atoms with Crippen LogP contribution in [0.4, 0.5) is 11.4 Å². The highest BCUT2D eigenvalue weighted by Gasteiger charge is 2.07. The summed E-state index contributed by atoms with van der Waals surface area (Å²) in [5.74, 6) is 0.391. The molecule has 0 unspecified atom stereocenters. The Hall–Kier alpha value is -3.15. The highest BCUT2D eigenvalue weighted by atomic mass is 16.3. The third-order valence-electron chi connectivity index (χ3n) is 3.67. The Morgan fingerprint density at radius 2 is 1.84 bits per heavy atom. The number of nitrogens with zero attached hydrogens (tertiary/aromatic N) is 1. The lowest BCUT2D eigenvalue weighted by Crippen LogP contribution is -2.13. The fourth-order valence-electron chi connectivity index (χ4n) is 2.60. The van der Waals surface area contributed by atoms with Crippen LogP contribution >= 0.6 is 0 Å². The van der Waals surface area contributed by atoms with Crippen molar-refractivity contribution in [2.45, 2.75) is 26.7 Å². The lowest BCUT2D eigenvalue weighted by molar-refractivity contribution is -0.116. The Morgan fingerprint density at radius 1 is 1.08 bits per heavy atom. The molecule has 1 aromatic heterocycles. The number of oxazole rings is 1. The van der Waals surface area contributed by atoms with E-state index in [0.717, 1.165) is 16.7 Å². The minimum absolute atomic E-state index is 0.0867. The number of carbonyl (C=O) groups is 2. The van der Waals surface area contributed by atoms with E-state index < -0.39 is 0 Å². The smallest absolute Gasteiger partial charge is 0.224 e. The van der Waals surface area contributed by atoms with Crippen LogP contribution in [-0.4, -0.2) is 16.8 Å². The maximum Gasteiger partial charge on any atom is 0.224 e. The first-order valence-corrected chi connectivity index (χ1v) is 8.03. The summed E-state index contributed by atoms with van der Waals surface area (Å²) >= 11 is 0. The van der Waals surface area contributed by atoms with Crippen LogP contribution in [0, 0.1) is 6.92 Å². The molecular formula is C19H19N3O3. The van der Waals surface area contributed by atoms with Crippen molar-refractivity contribution in [1.82, 2.24) is 4.98 Å². The molecule has 1 heterocycles. The summed E-state index contributed by atoms with van der Waals surface area (Å²) in [7, 11) is 0. The summed E-state index contributed by atoms with van der Waals surface area (Å²) < 4.78 is 5.45. The maximum atomic E-state index is 12.2. The van der Waals surface area contributed by atoms with E-state index in [1.165, 1.54) is 6.92 Å². The first-order chi connectivity index (χ1) is 12.0. The molecule has 0 radical (unpaired) electrons. The van der Waals surface area contributed by atoms with Crippen molar-refractivity contribution in [3.05, 3.63) is 53.9 Å². The molecule has 0 aliphatic carbocycles. The van der Waals surface area contributed by atoms with Crippen molar-refractivity contribution >= 4 is 34.3 Å². The Morgan fingerprint density at radius 3 is 2.60 bits per heavy atom. The van der Waals surface area contributed by atoms with Crippen LogP contribution in [0.2, 0.25) is 0 Å². The first-order valence-electron chi connectivity index (χ1n) is 8.03. The number of anilines is 2. The number of benzene rings is 2. The van der Waals surface area contributed by atoms with Gasteiger partial charge in [-0.3, -0.25) is 9.59 Å². The van der Waals surface area contributed by atoms with Gasteiger partial charge in [0, 0.05) is 31.6 Å². The van der Waals surface area contributed by atoms with E-state index in [9.17, 15) is 9.59 Å². The van der Waals surface area contributed by atoms with Gasteiger partial charge in [-0.05, 0) is 42.3 Å². The lowest BCUT2D eigenvalue weighted by Gasteiger charge is -2.08. The molecule has 2 N–H and O–H groups in total. The molecule has 6 nitrogen and oxygen atoms in total. The molecule has 6 heteroatoms. The van der Waals surface area contributed by atoms with E-state index >= 15 is 0 Å². The highest BCUT2D eigenvalue weighted by molar-refractivity contribution is 5.93. The molecule has 3 rings (SSSR count). The average molecular weight is 337 g/mol. The number of carbonyl (C=O) groups excluding carboxylic acids is 2. The zero-order chi connectivity index (χ0) is 17.8. The van der Waals surface area contributed by atoms with Gasteiger partial charge in [-0.25, -0.2) is 4.98 Å². The fraction of sp³-hybridized carbons (Fsp3) is 0.211. The van der Waals surface area contributed by atoms with Crippen molar-refractivity contribution < 1.29 is 14.0 Å². The number of aryl methyl sites for hydroxylation is 2. The monoisotopic (exact) mass is 337 g/mol. The summed E-state index contributed by atoms with van der Waals surface area (Å²) in [5.41, 5.74) is 3.89. The molecule has 0 atom stereocenters.